The number of hydrogen-bond acceptors (Lipinski definition) is 7. The molecule has 8 heteroatoms. The highest BCUT2D eigenvalue weighted by atomic mass is 32.1. The summed E-state index contributed by atoms with van der Waals surface area (Å²) in [5.41, 5.74) is 7.57. The third-order valence-electron chi connectivity index (χ3n) is 4.27. The number of nitrogens with one attached hydrogen (secondary N) is 1. The molecule has 140 valence electrons. The number of hydrogen-bond donors (Lipinski definition) is 2. The van der Waals surface area contributed by atoms with Gasteiger partial charge in [-0.2, -0.15) is 14.3 Å². The van der Waals surface area contributed by atoms with Crippen LogP contribution >= 0.6 is 11.5 Å². The Labute approximate surface area is 165 Å². The van der Waals surface area contributed by atoms with Gasteiger partial charge in [-0.25, -0.2) is 4.98 Å². The Kier molecular flexibility index (Phi) is 4.94. The third-order valence-corrected chi connectivity index (χ3v) is 5.13. The molecule has 0 bridgehead atoms. The molecule has 28 heavy (non-hydrogen) atoms. The summed E-state index contributed by atoms with van der Waals surface area (Å²) in [5.74, 6) is 1.24. The van der Waals surface area contributed by atoms with Crippen LogP contribution in [-0.2, 0) is 13.0 Å². The molecule has 0 saturated heterocycles. The number of carbonyl (C=O) groups excluding carboxylic acids is 1. The largest absolute Gasteiger partial charge is 0.366 e. The molecule has 2 heterocycles. The Hall–Kier alpha value is -3.39. The Morgan fingerprint density at radius 1 is 1.07 bits per heavy atom. The number of primary amides is 1. The van der Waals surface area contributed by atoms with Crippen molar-refractivity contribution in [3.05, 3.63) is 65.5 Å². The quantitative estimate of drug-likeness (QED) is 0.522. The minimum atomic E-state index is -0.502. The van der Waals surface area contributed by atoms with Crippen molar-refractivity contribution < 1.29 is 4.79 Å². The topological polar surface area (TPSA) is 107 Å². The van der Waals surface area contributed by atoms with Crippen LogP contribution in [0.2, 0.25) is 0 Å². The third kappa shape index (κ3) is 3.54. The van der Waals surface area contributed by atoms with E-state index in [-0.39, 0.29) is 0 Å². The summed E-state index contributed by atoms with van der Waals surface area (Å²) < 4.78 is 4.41. The van der Waals surface area contributed by atoms with Crippen molar-refractivity contribution in [1.82, 2.24) is 19.3 Å². The van der Waals surface area contributed by atoms with Gasteiger partial charge < -0.3 is 11.1 Å². The lowest BCUT2D eigenvalue weighted by Crippen LogP contribution is -2.11. The number of anilines is 1. The summed E-state index contributed by atoms with van der Waals surface area (Å²) in [5, 5.41) is 4.07. The maximum atomic E-state index is 11.7. The summed E-state index contributed by atoms with van der Waals surface area (Å²) in [6.45, 7) is 2.61. The molecule has 0 saturated carbocycles. The SMILES string of the molecule is CCc1nc(NCc2ccccc2)nc(-c2snc3c(C(N)=O)cccc23)n1. The van der Waals surface area contributed by atoms with Gasteiger partial charge >= 0.3 is 0 Å². The summed E-state index contributed by atoms with van der Waals surface area (Å²) in [6, 6.07) is 15.4. The second-order valence-corrected chi connectivity index (χ2v) is 6.94. The monoisotopic (exact) mass is 390 g/mol. The van der Waals surface area contributed by atoms with Crippen LogP contribution < -0.4 is 11.1 Å². The van der Waals surface area contributed by atoms with Gasteiger partial charge in [-0.15, -0.1) is 0 Å². The number of fused-ring (bicyclic) bond motifs is 1. The van der Waals surface area contributed by atoms with Gasteiger partial charge in [0, 0.05) is 18.4 Å². The fourth-order valence-corrected chi connectivity index (χ4v) is 3.68. The van der Waals surface area contributed by atoms with Gasteiger partial charge in [-0.05, 0) is 23.2 Å². The molecular formula is C20H18N6OS. The predicted molar refractivity (Wildman–Crippen MR) is 110 cm³/mol. The number of amides is 1. The van der Waals surface area contributed by atoms with E-state index >= 15 is 0 Å². The molecule has 1 amide bonds. The zero-order chi connectivity index (χ0) is 19.5. The molecule has 0 spiro atoms. The first-order valence-corrected chi connectivity index (χ1v) is 9.64. The Morgan fingerprint density at radius 2 is 1.89 bits per heavy atom. The van der Waals surface area contributed by atoms with Gasteiger partial charge in [0.15, 0.2) is 5.82 Å². The van der Waals surface area contributed by atoms with Crippen LogP contribution in [0.25, 0.3) is 21.6 Å². The highest BCUT2D eigenvalue weighted by Crippen LogP contribution is 2.32. The molecular weight excluding hydrogens is 372 g/mol. The van der Waals surface area contributed by atoms with Crippen LogP contribution in [0.1, 0.15) is 28.7 Å². The molecule has 0 radical (unpaired) electrons. The van der Waals surface area contributed by atoms with Crippen molar-refractivity contribution in [3.8, 4) is 10.7 Å². The van der Waals surface area contributed by atoms with Crippen molar-refractivity contribution in [1.29, 1.82) is 0 Å². The van der Waals surface area contributed by atoms with Gasteiger partial charge in [0.05, 0.1) is 11.1 Å². The molecule has 0 aliphatic rings. The lowest BCUT2D eigenvalue weighted by molar-refractivity contribution is 0.100. The number of aryl methyl sites for hydroxylation is 1. The number of rotatable bonds is 6. The number of aromatic nitrogens is 4. The van der Waals surface area contributed by atoms with Crippen LogP contribution in [0.5, 0.6) is 0 Å². The minimum Gasteiger partial charge on any atom is -0.366 e. The van der Waals surface area contributed by atoms with Crippen LogP contribution in [0.15, 0.2) is 48.5 Å². The van der Waals surface area contributed by atoms with Crippen LogP contribution in [0.3, 0.4) is 0 Å². The maximum Gasteiger partial charge on any atom is 0.250 e. The first kappa shape index (κ1) is 18.0. The molecule has 0 unspecified atom stereocenters. The Morgan fingerprint density at radius 3 is 2.64 bits per heavy atom. The molecule has 0 fully saturated rings. The van der Waals surface area contributed by atoms with Crippen molar-refractivity contribution in [2.75, 3.05) is 5.32 Å². The summed E-state index contributed by atoms with van der Waals surface area (Å²) >= 11 is 1.25. The van der Waals surface area contributed by atoms with Gasteiger partial charge in [0.1, 0.15) is 10.7 Å². The molecule has 0 atom stereocenters. The number of carbonyl (C=O) groups is 1. The van der Waals surface area contributed by atoms with Crippen LogP contribution in [0.4, 0.5) is 5.95 Å². The molecule has 0 aliphatic carbocycles. The van der Waals surface area contributed by atoms with Gasteiger partial charge in [0.2, 0.25) is 5.95 Å². The van der Waals surface area contributed by atoms with Gasteiger partial charge in [-0.1, -0.05) is 49.4 Å². The molecule has 2 aromatic carbocycles. The molecule has 4 aromatic rings. The van der Waals surface area contributed by atoms with E-state index < -0.39 is 5.91 Å². The fraction of sp³-hybridized carbons (Fsp3) is 0.150. The average molecular weight is 390 g/mol. The minimum absolute atomic E-state index is 0.396. The summed E-state index contributed by atoms with van der Waals surface area (Å²) in [7, 11) is 0. The average Bonchev–Trinajstić information content (AvgIpc) is 3.17. The second kappa shape index (κ2) is 7.69. The normalized spacial score (nSPS) is 10.9. The number of benzene rings is 2. The first-order chi connectivity index (χ1) is 13.7. The van der Waals surface area contributed by atoms with E-state index in [1.807, 2.05) is 43.3 Å². The number of nitrogens with zero attached hydrogens (tertiary/aromatic N) is 4. The highest BCUT2D eigenvalue weighted by Gasteiger charge is 2.17. The standard InChI is InChI=1S/C20H18N6OS/c1-2-15-23-19(25-20(24-15)22-11-12-7-4-3-5-8-12)17-13-9-6-10-14(18(21)27)16(13)26-28-17/h3-10H,2,11H2,1H3,(H2,21,27)(H,22,23,24,25). The fourth-order valence-electron chi connectivity index (χ4n) is 2.86. The van der Waals surface area contributed by atoms with E-state index in [4.69, 9.17) is 5.73 Å². The van der Waals surface area contributed by atoms with Crippen molar-refractivity contribution in [3.63, 3.8) is 0 Å². The lowest BCUT2D eigenvalue weighted by atomic mass is 10.1. The lowest BCUT2D eigenvalue weighted by Gasteiger charge is -2.08. The van der Waals surface area contributed by atoms with E-state index in [1.165, 1.54) is 11.5 Å². The summed E-state index contributed by atoms with van der Waals surface area (Å²) in [6.07, 6.45) is 0.679. The molecule has 7 nitrogen and oxygen atoms in total. The Bertz CT molecular complexity index is 1140. The van der Waals surface area contributed by atoms with Crippen LogP contribution in [-0.4, -0.2) is 25.2 Å². The van der Waals surface area contributed by atoms with E-state index in [0.717, 1.165) is 15.8 Å². The van der Waals surface area contributed by atoms with E-state index in [2.05, 4.69) is 24.6 Å². The maximum absolute atomic E-state index is 11.7. The second-order valence-electron chi connectivity index (χ2n) is 6.17. The molecule has 4 rings (SSSR count). The van der Waals surface area contributed by atoms with E-state index in [1.54, 1.807) is 12.1 Å². The smallest absolute Gasteiger partial charge is 0.250 e. The van der Waals surface area contributed by atoms with Crippen LogP contribution in [0, 0.1) is 0 Å². The first-order valence-electron chi connectivity index (χ1n) is 8.87. The molecule has 0 aliphatic heterocycles. The van der Waals surface area contributed by atoms with E-state index in [9.17, 15) is 4.79 Å². The molecule has 3 N–H and O–H groups in total. The zero-order valence-corrected chi connectivity index (χ0v) is 16.0. The van der Waals surface area contributed by atoms with Crippen molar-refractivity contribution in [2.45, 2.75) is 19.9 Å². The predicted octanol–water partition coefficient (Wildman–Crippen LogP) is 3.42. The Balaban J connectivity index is 1.73. The van der Waals surface area contributed by atoms with Crippen molar-refractivity contribution in [2.24, 2.45) is 5.73 Å². The zero-order valence-electron chi connectivity index (χ0n) is 15.2. The number of nitrogens with two attached hydrogens (primary N) is 1. The van der Waals surface area contributed by atoms with Gasteiger partial charge in [0.25, 0.3) is 5.91 Å². The highest BCUT2D eigenvalue weighted by molar-refractivity contribution is 7.11. The van der Waals surface area contributed by atoms with Gasteiger partial charge in [-0.3, -0.25) is 4.79 Å². The van der Waals surface area contributed by atoms with Crippen molar-refractivity contribution >= 4 is 34.3 Å². The van der Waals surface area contributed by atoms with E-state index in [0.29, 0.717) is 41.6 Å². The summed E-state index contributed by atoms with van der Waals surface area (Å²) in [4.78, 5) is 26.1. The molecule has 2 aromatic heterocycles.